The van der Waals surface area contributed by atoms with Crippen LogP contribution in [0.2, 0.25) is 0 Å². The number of fused-ring (bicyclic) bond motifs is 1. The van der Waals surface area contributed by atoms with Crippen molar-refractivity contribution in [2.24, 2.45) is 0 Å². The third-order valence-corrected chi connectivity index (χ3v) is 7.36. The molecule has 0 radical (unpaired) electrons. The van der Waals surface area contributed by atoms with E-state index in [2.05, 4.69) is 0 Å². The maximum absolute atomic E-state index is 11.8. The molecule has 0 bridgehead atoms. The molecule has 1 heterocycles. The van der Waals surface area contributed by atoms with Crippen LogP contribution < -0.4 is 4.74 Å². The summed E-state index contributed by atoms with van der Waals surface area (Å²) in [5, 5.41) is 0. The number of hydrogen-bond donors (Lipinski definition) is 0. The molecule has 4 heteroatoms. The van der Waals surface area contributed by atoms with Crippen molar-refractivity contribution in [2.45, 2.75) is 0 Å². The SMILES string of the molecule is COc1ccc(I2OC(=O)c3ccccc32)cc1. The van der Waals surface area contributed by atoms with Gasteiger partial charge in [0.1, 0.15) is 0 Å². The van der Waals surface area contributed by atoms with Gasteiger partial charge in [0.25, 0.3) is 0 Å². The standard InChI is InChI=1S/C14H11IO3/c1-17-11-8-6-10(7-9-11)15-13-5-3-2-4-12(13)14(16)18-15/h2-9H,1H3. The van der Waals surface area contributed by atoms with Crippen LogP contribution in [0.4, 0.5) is 0 Å². The molecule has 1 aliphatic rings. The summed E-state index contributed by atoms with van der Waals surface area (Å²) in [5.41, 5.74) is 0.721. The molecule has 18 heavy (non-hydrogen) atoms. The fourth-order valence-electron chi connectivity index (χ4n) is 1.78. The van der Waals surface area contributed by atoms with Gasteiger partial charge in [-0.3, -0.25) is 0 Å². The monoisotopic (exact) mass is 354 g/mol. The third-order valence-electron chi connectivity index (χ3n) is 2.67. The molecule has 2 aromatic carbocycles. The van der Waals surface area contributed by atoms with Crippen molar-refractivity contribution >= 4 is 26.2 Å². The van der Waals surface area contributed by atoms with Crippen LogP contribution in [0.3, 0.4) is 0 Å². The van der Waals surface area contributed by atoms with E-state index in [1.54, 1.807) is 7.11 Å². The Labute approximate surface area is 113 Å². The number of benzene rings is 2. The Morgan fingerprint density at radius 1 is 1.06 bits per heavy atom. The summed E-state index contributed by atoms with van der Waals surface area (Å²) in [7, 11) is 1.64. The molecule has 1 aliphatic heterocycles. The number of ether oxygens (including phenoxy) is 1. The zero-order chi connectivity index (χ0) is 12.5. The van der Waals surface area contributed by atoms with Gasteiger partial charge >= 0.3 is 113 Å². The number of hydrogen-bond acceptors (Lipinski definition) is 3. The van der Waals surface area contributed by atoms with Crippen molar-refractivity contribution in [1.29, 1.82) is 0 Å². The Bertz CT molecular complexity index is 592. The Morgan fingerprint density at radius 2 is 1.78 bits per heavy atom. The second-order valence-electron chi connectivity index (χ2n) is 3.75. The molecular formula is C14H11IO3. The van der Waals surface area contributed by atoms with Crippen LogP contribution in [-0.4, -0.2) is 13.1 Å². The third kappa shape index (κ3) is 1.86. The van der Waals surface area contributed by atoms with E-state index in [0.29, 0.717) is 0 Å². The van der Waals surface area contributed by atoms with Gasteiger partial charge in [-0.2, -0.15) is 0 Å². The summed E-state index contributed by atoms with van der Waals surface area (Å²) in [5.74, 6) is 0.625. The van der Waals surface area contributed by atoms with Gasteiger partial charge in [-0.25, -0.2) is 0 Å². The van der Waals surface area contributed by atoms with Crippen molar-refractivity contribution in [3.63, 3.8) is 0 Å². The zero-order valence-corrected chi connectivity index (χ0v) is 11.9. The van der Waals surface area contributed by atoms with Crippen LogP contribution >= 0.6 is 20.2 Å². The van der Waals surface area contributed by atoms with E-state index in [4.69, 9.17) is 7.80 Å². The van der Waals surface area contributed by atoms with Crippen molar-refractivity contribution in [3.8, 4) is 5.75 Å². The Morgan fingerprint density at radius 3 is 2.50 bits per heavy atom. The van der Waals surface area contributed by atoms with Crippen LogP contribution in [0.25, 0.3) is 0 Å². The van der Waals surface area contributed by atoms with Crippen LogP contribution in [0, 0.1) is 7.14 Å². The summed E-state index contributed by atoms with van der Waals surface area (Å²) in [6.45, 7) is 0. The second kappa shape index (κ2) is 4.61. The molecule has 0 aromatic heterocycles. The van der Waals surface area contributed by atoms with Gasteiger partial charge in [-0.15, -0.1) is 0 Å². The van der Waals surface area contributed by atoms with Gasteiger partial charge in [0.2, 0.25) is 0 Å². The topological polar surface area (TPSA) is 35.5 Å². The fourth-order valence-corrected chi connectivity index (χ4v) is 6.05. The Balaban J connectivity index is 2.01. The van der Waals surface area contributed by atoms with E-state index in [1.807, 2.05) is 48.5 Å². The van der Waals surface area contributed by atoms with Gasteiger partial charge in [0.05, 0.1) is 0 Å². The van der Waals surface area contributed by atoms with Crippen molar-refractivity contribution < 1.29 is 12.6 Å². The summed E-state index contributed by atoms with van der Waals surface area (Å²) in [6, 6.07) is 15.4. The number of carbonyl (C=O) groups is 1. The molecule has 0 spiro atoms. The predicted molar refractivity (Wildman–Crippen MR) is 76.3 cm³/mol. The molecule has 0 amide bonds. The quantitative estimate of drug-likeness (QED) is 0.777. The van der Waals surface area contributed by atoms with Crippen LogP contribution in [-0.2, 0) is 3.07 Å². The van der Waals surface area contributed by atoms with Crippen LogP contribution in [0.15, 0.2) is 48.5 Å². The molecule has 0 fully saturated rings. The van der Waals surface area contributed by atoms with Gasteiger partial charge in [-0.05, 0) is 0 Å². The van der Waals surface area contributed by atoms with Gasteiger partial charge in [0.15, 0.2) is 0 Å². The molecule has 0 atom stereocenters. The minimum absolute atomic E-state index is 0.188. The van der Waals surface area contributed by atoms with E-state index in [0.717, 1.165) is 18.5 Å². The van der Waals surface area contributed by atoms with Crippen molar-refractivity contribution in [1.82, 2.24) is 0 Å². The summed E-state index contributed by atoms with van der Waals surface area (Å²) in [6.07, 6.45) is 0. The fraction of sp³-hybridized carbons (Fsp3) is 0.0714. The molecule has 3 rings (SSSR count). The first-order chi connectivity index (χ1) is 8.79. The normalized spacial score (nSPS) is 15.2. The molecule has 0 unspecified atom stereocenters. The molecule has 0 aliphatic carbocycles. The van der Waals surface area contributed by atoms with E-state index >= 15 is 0 Å². The predicted octanol–water partition coefficient (Wildman–Crippen LogP) is 3.33. The molecule has 2 aromatic rings. The second-order valence-corrected chi connectivity index (χ2v) is 8.02. The molecule has 3 nitrogen and oxygen atoms in total. The first-order valence-electron chi connectivity index (χ1n) is 5.45. The van der Waals surface area contributed by atoms with Gasteiger partial charge in [0, 0.05) is 0 Å². The minimum atomic E-state index is -2.03. The molecule has 0 saturated heterocycles. The first-order valence-corrected chi connectivity index (χ1v) is 8.49. The Hall–Kier alpha value is -1.56. The number of carbonyl (C=O) groups excluding carboxylic acids is 1. The van der Waals surface area contributed by atoms with Crippen LogP contribution in [0.1, 0.15) is 10.4 Å². The first kappa shape index (κ1) is 11.5. The molecule has 0 N–H and O–H groups in total. The number of halogens is 1. The van der Waals surface area contributed by atoms with E-state index < -0.39 is 20.2 Å². The maximum atomic E-state index is 11.8. The summed E-state index contributed by atoms with van der Waals surface area (Å²) in [4.78, 5) is 11.8. The van der Waals surface area contributed by atoms with Crippen molar-refractivity contribution in [3.05, 3.63) is 61.2 Å². The van der Waals surface area contributed by atoms with E-state index in [9.17, 15) is 4.79 Å². The van der Waals surface area contributed by atoms with Gasteiger partial charge in [-0.1, -0.05) is 0 Å². The average molecular weight is 354 g/mol. The zero-order valence-electron chi connectivity index (χ0n) is 9.72. The van der Waals surface area contributed by atoms with Gasteiger partial charge < -0.3 is 0 Å². The Kier molecular flexibility index (Phi) is 2.95. The van der Waals surface area contributed by atoms with E-state index in [1.165, 1.54) is 0 Å². The number of rotatable bonds is 2. The molecule has 92 valence electrons. The van der Waals surface area contributed by atoms with Crippen molar-refractivity contribution in [2.75, 3.05) is 7.11 Å². The summed E-state index contributed by atoms with van der Waals surface area (Å²) >= 11 is -2.03. The van der Waals surface area contributed by atoms with E-state index in [-0.39, 0.29) is 5.97 Å². The molecular weight excluding hydrogens is 343 g/mol. The average Bonchev–Trinajstić information content (AvgIpc) is 2.77. The number of methoxy groups -OCH3 is 1. The molecule has 0 saturated carbocycles. The van der Waals surface area contributed by atoms with Crippen LogP contribution in [0.5, 0.6) is 5.75 Å². The summed E-state index contributed by atoms with van der Waals surface area (Å²) < 4.78 is 12.9.